The van der Waals surface area contributed by atoms with Gasteiger partial charge in [0.05, 0.1) is 33.8 Å². The first-order valence-electron chi connectivity index (χ1n) is 32.6. The van der Waals surface area contributed by atoms with E-state index in [2.05, 4.69) is 105 Å². The lowest BCUT2D eigenvalue weighted by molar-refractivity contribution is -0.870. The fraction of sp³-hybridized carbons (Fsp3) is 0.739. The lowest BCUT2D eigenvalue weighted by Crippen LogP contribution is -2.47. The minimum Gasteiger partial charge on any atom is -0.456 e. The van der Waals surface area contributed by atoms with Crippen LogP contribution in [0.4, 0.5) is 0 Å². The van der Waals surface area contributed by atoms with E-state index < -0.39 is 20.0 Å². The topological polar surface area (TPSA) is 111 Å². The lowest BCUT2D eigenvalue weighted by atomic mass is 10.0. The Labute approximate surface area is 488 Å². The predicted molar refractivity (Wildman–Crippen MR) is 341 cm³/mol. The molecule has 10 heteroatoms. The van der Waals surface area contributed by atoms with Crippen LogP contribution in [-0.2, 0) is 27.9 Å². The van der Waals surface area contributed by atoms with Gasteiger partial charge in [0.1, 0.15) is 19.3 Å². The maximum Gasteiger partial charge on any atom is 0.472 e. The number of nitrogens with one attached hydrogen (secondary N) is 1. The van der Waals surface area contributed by atoms with Crippen molar-refractivity contribution in [2.45, 2.75) is 290 Å². The van der Waals surface area contributed by atoms with Crippen molar-refractivity contribution in [2.75, 3.05) is 40.9 Å². The molecule has 0 aliphatic heterocycles. The molecular weight excluding hydrogens is 1000 g/mol. The van der Waals surface area contributed by atoms with Gasteiger partial charge in [0.15, 0.2) is 0 Å². The minimum absolute atomic E-state index is 0.0231. The Hall–Kier alpha value is -3.07. The fourth-order valence-corrected chi connectivity index (χ4v) is 9.75. The van der Waals surface area contributed by atoms with Gasteiger partial charge in [0.2, 0.25) is 5.91 Å². The van der Waals surface area contributed by atoms with Gasteiger partial charge in [0.25, 0.3) is 0 Å². The number of likely N-dealkylation sites (N-methyl/N-ethyl adjacent to an activating group) is 1. The number of carbonyl (C=O) groups excluding carboxylic acids is 2. The third-order valence-corrected chi connectivity index (χ3v) is 15.0. The maximum atomic E-state index is 13.5. The molecule has 79 heavy (non-hydrogen) atoms. The molecule has 0 aromatic heterocycles. The molecule has 0 fully saturated rings. The molecule has 0 aromatic rings. The molecule has 0 rings (SSSR count). The van der Waals surface area contributed by atoms with E-state index in [1.165, 1.54) is 161 Å². The van der Waals surface area contributed by atoms with E-state index in [0.717, 1.165) is 77.0 Å². The molecule has 0 spiro atoms. The van der Waals surface area contributed by atoms with Crippen molar-refractivity contribution in [3.8, 4) is 0 Å². The van der Waals surface area contributed by atoms with Gasteiger partial charge in [0, 0.05) is 12.8 Å². The second kappa shape index (κ2) is 58.1. The standard InChI is InChI=1S/C69H123N2O7P/c1-7-10-13-16-19-22-25-27-29-31-33-34-35-36-38-40-42-44-47-50-53-56-59-62-69(73)78-67(60-57-54-51-48-45-24-21-18-15-12-9-3)66(65-77-79(74,75)76-64-63-71(4,5)6)70-68(72)61-58-55-52-49-46-43-41-39-37-32-30-28-26-23-20-17-14-11-8-2/h11,14,20,23,27-30,37,39,43,46,52,55,57,60,66-67H,7-10,12-13,15-19,21-22,24-26,31-36,38,40-42,44-45,47-51,53-54,56,58-59,61-65H2,1-6H3,(H-,70,72,74,75)/p+1/b14-11-,23-20-,29-27+,30-28-,39-37-,46-43-,55-52-,60-57+. The molecule has 0 bridgehead atoms. The van der Waals surface area contributed by atoms with Gasteiger partial charge in [-0.2, -0.15) is 0 Å². The van der Waals surface area contributed by atoms with Crippen molar-refractivity contribution in [1.29, 1.82) is 0 Å². The number of hydrogen-bond acceptors (Lipinski definition) is 6. The Morgan fingerprint density at radius 2 is 0.823 bits per heavy atom. The van der Waals surface area contributed by atoms with E-state index >= 15 is 0 Å². The number of unbranched alkanes of at least 4 members (excludes halogenated alkanes) is 28. The van der Waals surface area contributed by atoms with Gasteiger partial charge < -0.3 is 19.4 Å². The average Bonchev–Trinajstić information content (AvgIpc) is 3.41. The zero-order valence-electron chi connectivity index (χ0n) is 52.1. The predicted octanol–water partition coefficient (Wildman–Crippen LogP) is 20.3. The molecular formula is C69H124N2O7P+. The van der Waals surface area contributed by atoms with Crippen LogP contribution in [0.5, 0.6) is 0 Å². The minimum atomic E-state index is -4.47. The summed E-state index contributed by atoms with van der Waals surface area (Å²) in [6.45, 7) is 6.84. The van der Waals surface area contributed by atoms with Crippen molar-refractivity contribution in [3.05, 3.63) is 97.2 Å². The number of quaternary nitrogens is 1. The first kappa shape index (κ1) is 75.9. The molecule has 0 aromatic carbocycles. The van der Waals surface area contributed by atoms with Crippen LogP contribution in [0.2, 0.25) is 0 Å². The Balaban J connectivity index is 5.22. The highest BCUT2D eigenvalue weighted by molar-refractivity contribution is 7.47. The summed E-state index contributed by atoms with van der Waals surface area (Å²) in [6.07, 6.45) is 78.7. The molecule has 3 atom stereocenters. The first-order chi connectivity index (χ1) is 38.4. The number of allylic oxidation sites excluding steroid dienone is 15. The number of amides is 1. The molecule has 456 valence electrons. The van der Waals surface area contributed by atoms with E-state index in [4.69, 9.17) is 13.8 Å². The second-order valence-electron chi connectivity index (χ2n) is 22.9. The number of ether oxygens (including phenoxy) is 1. The normalized spacial score (nSPS) is 14.3. The molecule has 0 saturated carbocycles. The number of hydrogen-bond donors (Lipinski definition) is 2. The quantitative estimate of drug-likeness (QED) is 0.0205. The summed E-state index contributed by atoms with van der Waals surface area (Å²) in [5.41, 5.74) is 0. The summed E-state index contributed by atoms with van der Waals surface area (Å²) in [4.78, 5) is 37.7. The first-order valence-corrected chi connectivity index (χ1v) is 34.1. The molecule has 0 aliphatic carbocycles. The molecule has 0 heterocycles. The number of esters is 1. The second-order valence-corrected chi connectivity index (χ2v) is 24.4. The van der Waals surface area contributed by atoms with E-state index in [-0.39, 0.29) is 37.9 Å². The lowest BCUT2D eigenvalue weighted by Gasteiger charge is -2.27. The molecule has 1 amide bonds. The number of phosphoric acid groups is 1. The van der Waals surface area contributed by atoms with Gasteiger partial charge in [-0.3, -0.25) is 18.6 Å². The van der Waals surface area contributed by atoms with Crippen molar-refractivity contribution in [2.24, 2.45) is 0 Å². The van der Waals surface area contributed by atoms with Crippen molar-refractivity contribution in [1.82, 2.24) is 5.32 Å². The van der Waals surface area contributed by atoms with Crippen LogP contribution in [0.1, 0.15) is 278 Å². The number of phosphoric ester groups is 1. The molecule has 2 N–H and O–H groups in total. The Morgan fingerprint density at radius 1 is 0.456 bits per heavy atom. The highest BCUT2D eigenvalue weighted by Crippen LogP contribution is 2.43. The van der Waals surface area contributed by atoms with Crippen LogP contribution in [0.3, 0.4) is 0 Å². The Kier molecular flexibility index (Phi) is 55.9. The van der Waals surface area contributed by atoms with Crippen molar-refractivity contribution < 1.29 is 37.3 Å². The summed E-state index contributed by atoms with van der Waals surface area (Å²) >= 11 is 0. The van der Waals surface area contributed by atoms with Crippen LogP contribution in [0, 0.1) is 0 Å². The summed E-state index contributed by atoms with van der Waals surface area (Å²) < 4.78 is 30.7. The average molecular weight is 1120 g/mol. The summed E-state index contributed by atoms with van der Waals surface area (Å²) in [5, 5.41) is 3.01. The monoisotopic (exact) mass is 1120 g/mol. The largest absolute Gasteiger partial charge is 0.472 e. The van der Waals surface area contributed by atoms with Crippen molar-refractivity contribution in [3.63, 3.8) is 0 Å². The van der Waals surface area contributed by atoms with Crippen LogP contribution >= 0.6 is 7.82 Å². The SMILES string of the molecule is CC/C=C\C/C=C\C/C=C\C/C=C\C/C=C\C/C=C\CCC(=O)NC(COP(=O)(O)OCC[N+](C)(C)C)C(/C=C/CCCCCCCCCCC)OC(=O)CCCCCCCCCCCCCCC/C=C/CCCCCCCC. The zero-order valence-corrected chi connectivity index (χ0v) is 53.0. The third-order valence-electron chi connectivity index (χ3n) is 14.0. The Bertz CT molecular complexity index is 1670. The van der Waals surface area contributed by atoms with Gasteiger partial charge in [-0.15, -0.1) is 0 Å². The molecule has 0 radical (unpaired) electrons. The van der Waals surface area contributed by atoms with Gasteiger partial charge in [-0.05, 0) is 96.0 Å². The van der Waals surface area contributed by atoms with E-state index in [0.29, 0.717) is 17.4 Å². The van der Waals surface area contributed by atoms with Crippen LogP contribution in [0.15, 0.2) is 97.2 Å². The molecule has 0 saturated heterocycles. The fourth-order valence-electron chi connectivity index (χ4n) is 9.02. The van der Waals surface area contributed by atoms with E-state index in [1.54, 1.807) is 0 Å². The number of rotatable bonds is 58. The summed E-state index contributed by atoms with van der Waals surface area (Å²) in [5.74, 6) is -0.603. The molecule has 3 unspecified atom stereocenters. The Morgan fingerprint density at radius 3 is 1.24 bits per heavy atom. The maximum absolute atomic E-state index is 13.5. The van der Waals surface area contributed by atoms with Crippen LogP contribution in [-0.4, -0.2) is 74.3 Å². The highest BCUT2D eigenvalue weighted by atomic mass is 31.2. The van der Waals surface area contributed by atoms with E-state index in [9.17, 15) is 19.0 Å². The van der Waals surface area contributed by atoms with Gasteiger partial charge in [-0.1, -0.05) is 266 Å². The molecule has 0 aliphatic rings. The van der Waals surface area contributed by atoms with Crippen LogP contribution in [0.25, 0.3) is 0 Å². The van der Waals surface area contributed by atoms with Gasteiger partial charge >= 0.3 is 13.8 Å². The number of nitrogens with zero attached hydrogens (tertiary/aromatic N) is 1. The molecule has 9 nitrogen and oxygen atoms in total. The van der Waals surface area contributed by atoms with Gasteiger partial charge in [-0.25, -0.2) is 4.57 Å². The van der Waals surface area contributed by atoms with Crippen molar-refractivity contribution >= 4 is 19.7 Å². The third kappa shape index (κ3) is 59.4. The highest BCUT2D eigenvalue weighted by Gasteiger charge is 2.30. The summed E-state index contributed by atoms with van der Waals surface area (Å²) in [7, 11) is 1.44. The smallest absolute Gasteiger partial charge is 0.456 e. The zero-order chi connectivity index (χ0) is 57.9. The van der Waals surface area contributed by atoms with Crippen LogP contribution < -0.4 is 5.32 Å². The summed E-state index contributed by atoms with van der Waals surface area (Å²) in [6, 6.07) is -0.893. The van der Waals surface area contributed by atoms with E-state index in [1.807, 2.05) is 39.4 Å². The number of carbonyl (C=O) groups is 2.